The highest BCUT2D eigenvalue weighted by Gasteiger charge is 2.06. The van der Waals surface area contributed by atoms with Crippen LogP contribution in [0.5, 0.6) is 0 Å². The summed E-state index contributed by atoms with van der Waals surface area (Å²) in [5.41, 5.74) is 2.19. The summed E-state index contributed by atoms with van der Waals surface area (Å²) < 4.78 is 14.3. The van der Waals surface area contributed by atoms with Crippen LogP contribution in [0.3, 0.4) is 0 Å². The molecule has 21 heavy (non-hydrogen) atoms. The molecule has 2 aromatic carbocycles. The largest absolute Gasteiger partial charge is 0.259 e. The maximum Gasteiger partial charge on any atom is 0.151 e. The molecule has 0 unspecified atom stereocenters. The van der Waals surface area contributed by atoms with E-state index in [2.05, 4.69) is 11.1 Å². The van der Waals surface area contributed by atoms with Gasteiger partial charge in [0.15, 0.2) is 4.34 Å². The number of rotatable bonds is 6. The number of para-hydroxylation sites is 1. The van der Waals surface area contributed by atoms with E-state index in [1.54, 1.807) is 23.1 Å². The minimum absolute atomic E-state index is 0.640. The second-order valence-electron chi connectivity index (χ2n) is 4.57. The van der Waals surface area contributed by atoms with E-state index in [-0.39, 0.29) is 0 Å². The van der Waals surface area contributed by atoms with Crippen LogP contribution in [-0.2, 0) is 16.6 Å². The minimum Gasteiger partial charge on any atom is -0.259 e. The molecule has 0 amide bonds. The van der Waals surface area contributed by atoms with Crippen LogP contribution in [0.1, 0.15) is 5.56 Å². The predicted octanol–water partition coefficient (Wildman–Crippen LogP) is 4.34. The number of hydrogen-bond donors (Lipinski definition) is 0. The number of aromatic nitrogens is 1. The summed E-state index contributed by atoms with van der Waals surface area (Å²) in [5.74, 6) is 2.19. The fraction of sp³-hybridized carbons (Fsp3) is 0.188. The lowest BCUT2D eigenvalue weighted by atomic mass is 10.2. The van der Waals surface area contributed by atoms with Gasteiger partial charge in [-0.25, -0.2) is 4.98 Å². The molecule has 0 N–H and O–H groups in total. The summed E-state index contributed by atoms with van der Waals surface area (Å²) >= 11 is 3.41. The van der Waals surface area contributed by atoms with Crippen molar-refractivity contribution in [1.82, 2.24) is 4.98 Å². The number of nitrogens with zero attached hydrogens (tertiary/aromatic N) is 1. The standard InChI is InChI=1S/C16H15NOS3/c18-21(12-13-6-2-1-3-7-13)11-10-19-16-17-14-8-4-5-9-15(14)20-16/h1-9H,10-12H2/t21-/m0/s1. The van der Waals surface area contributed by atoms with E-state index >= 15 is 0 Å². The van der Waals surface area contributed by atoms with Gasteiger partial charge in [-0.1, -0.05) is 54.2 Å². The van der Waals surface area contributed by atoms with Crippen molar-refractivity contribution in [3.8, 4) is 0 Å². The van der Waals surface area contributed by atoms with Crippen molar-refractivity contribution in [3.05, 3.63) is 60.2 Å². The monoisotopic (exact) mass is 333 g/mol. The van der Waals surface area contributed by atoms with Crippen molar-refractivity contribution in [2.45, 2.75) is 10.1 Å². The molecule has 0 aliphatic carbocycles. The van der Waals surface area contributed by atoms with Crippen molar-refractivity contribution < 1.29 is 4.21 Å². The van der Waals surface area contributed by atoms with Gasteiger partial charge < -0.3 is 0 Å². The maximum atomic E-state index is 12.1. The number of hydrogen-bond acceptors (Lipinski definition) is 4. The average Bonchev–Trinajstić information content (AvgIpc) is 2.91. The van der Waals surface area contributed by atoms with Gasteiger partial charge in [0, 0.05) is 28.1 Å². The fourth-order valence-electron chi connectivity index (χ4n) is 1.97. The van der Waals surface area contributed by atoms with E-state index < -0.39 is 10.8 Å². The number of thioether (sulfide) groups is 1. The molecule has 0 aliphatic heterocycles. The third-order valence-corrected chi connectivity index (χ3v) is 6.74. The van der Waals surface area contributed by atoms with Gasteiger partial charge in [0.25, 0.3) is 0 Å². The Morgan fingerprint density at radius 3 is 2.62 bits per heavy atom. The molecule has 0 saturated heterocycles. The molecule has 1 atom stereocenters. The van der Waals surface area contributed by atoms with E-state index in [1.165, 1.54) is 4.70 Å². The first-order chi connectivity index (χ1) is 10.3. The third kappa shape index (κ3) is 4.15. The van der Waals surface area contributed by atoms with E-state index in [1.807, 2.05) is 48.5 Å². The summed E-state index contributed by atoms with van der Waals surface area (Å²) in [4.78, 5) is 4.58. The summed E-state index contributed by atoms with van der Waals surface area (Å²) in [6.45, 7) is 0. The van der Waals surface area contributed by atoms with Gasteiger partial charge in [-0.15, -0.1) is 11.3 Å². The molecule has 3 aromatic rings. The Bertz CT molecular complexity index is 706. The zero-order valence-electron chi connectivity index (χ0n) is 11.4. The van der Waals surface area contributed by atoms with Gasteiger partial charge >= 0.3 is 0 Å². The van der Waals surface area contributed by atoms with Crippen LogP contribution in [0.2, 0.25) is 0 Å². The lowest BCUT2D eigenvalue weighted by Gasteiger charge is -2.01. The van der Waals surface area contributed by atoms with Crippen LogP contribution in [-0.4, -0.2) is 20.7 Å². The Hall–Kier alpha value is -1.17. The van der Waals surface area contributed by atoms with Crippen molar-refractivity contribution in [2.24, 2.45) is 0 Å². The van der Waals surface area contributed by atoms with Crippen LogP contribution in [0.15, 0.2) is 58.9 Å². The van der Waals surface area contributed by atoms with Crippen molar-refractivity contribution in [1.29, 1.82) is 0 Å². The minimum atomic E-state index is -0.806. The molecule has 108 valence electrons. The molecular formula is C16H15NOS3. The van der Waals surface area contributed by atoms with Gasteiger partial charge in [-0.2, -0.15) is 0 Å². The van der Waals surface area contributed by atoms with E-state index in [4.69, 9.17) is 0 Å². The number of thiazole rings is 1. The number of benzene rings is 2. The second kappa shape index (κ2) is 7.20. The third-order valence-electron chi connectivity index (χ3n) is 2.98. The highest BCUT2D eigenvalue weighted by atomic mass is 32.2. The number of fused-ring (bicyclic) bond motifs is 1. The predicted molar refractivity (Wildman–Crippen MR) is 93.5 cm³/mol. The SMILES string of the molecule is O=[S@@](CCSc1nc2ccccc2s1)Cc1ccccc1. The summed E-state index contributed by atoms with van der Waals surface area (Å²) in [5, 5.41) is 0. The molecule has 1 aromatic heterocycles. The van der Waals surface area contributed by atoms with Crippen molar-refractivity contribution in [3.63, 3.8) is 0 Å². The van der Waals surface area contributed by atoms with Gasteiger partial charge in [-0.05, 0) is 17.7 Å². The highest BCUT2D eigenvalue weighted by molar-refractivity contribution is 8.01. The Morgan fingerprint density at radius 1 is 1.05 bits per heavy atom. The zero-order chi connectivity index (χ0) is 14.5. The molecule has 2 nitrogen and oxygen atoms in total. The smallest absolute Gasteiger partial charge is 0.151 e. The highest BCUT2D eigenvalue weighted by Crippen LogP contribution is 2.29. The van der Waals surface area contributed by atoms with Gasteiger partial charge in [-0.3, -0.25) is 4.21 Å². The first-order valence-corrected chi connectivity index (χ1v) is 9.97. The second-order valence-corrected chi connectivity index (χ2v) is 8.52. The Kier molecular flexibility index (Phi) is 5.06. The lowest BCUT2D eigenvalue weighted by Crippen LogP contribution is -2.03. The molecular weight excluding hydrogens is 318 g/mol. The van der Waals surface area contributed by atoms with Gasteiger partial charge in [0.2, 0.25) is 0 Å². The summed E-state index contributed by atoms with van der Waals surface area (Å²) in [7, 11) is -0.806. The van der Waals surface area contributed by atoms with Crippen LogP contribution < -0.4 is 0 Å². The van der Waals surface area contributed by atoms with Crippen LogP contribution in [0.4, 0.5) is 0 Å². The van der Waals surface area contributed by atoms with Crippen LogP contribution >= 0.6 is 23.1 Å². The maximum absolute atomic E-state index is 12.1. The van der Waals surface area contributed by atoms with Gasteiger partial charge in [0.1, 0.15) is 0 Å². The molecule has 0 aliphatic rings. The molecule has 3 rings (SSSR count). The molecule has 5 heteroatoms. The first-order valence-electron chi connectivity index (χ1n) is 6.68. The molecule has 0 radical (unpaired) electrons. The van der Waals surface area contributed by atoms with E-state index in [0.717, 1.165) is 21.2 Å². The Labute approximate surface area is 135 Å². The summed E-state index contributed by atoms with van der Waals surface area (Å²) in [6.07, 6.45) is 0. The lowest BCUT2D eigenvalue weighted by molar-refractivity contribution is 0.683. The van der Waals surface area contributed by atoms with Crippen molar-refractivity contribution in [2.75, 3.05) is 11.5 Å². The summed E-state index contributed by atoms with van der Waals surface area (Å²) in [6, 6.07) is 18.2. The Morgan fingerprint density at radius 2 is 1.81 bits per heavy atom. The quantitative estimate of drug-likeness (QED) is 0.629. The van der Waals surface area contributed by atoms with Crippen LogP contribution in [0.25, 0.3) is 10.2 Å². The average molecular weight is 334 g/mol. The normalized spacial score (nSPS) is 12.6. The Balaban J connectivity index is 1.50. The fourth-order valence-corrected chi connectivity index (χ4v) is 5.54. The zero-order valence-corrected chi connectivity index (χ0v) is 13.8. The molecule has 0 bridgehead atoms. The first kappa shape index (κ1) is 14.8. The molecule has 1 heterocycles. The van der Waals surface area contributed by atoms with E-state index in [0.29, 0.717) is 11.5 Å². The molecule has 0 saturated carbocycles. The molecule has 0 spiro atoms. The van der Waals surface area contributed by atoms with Crippen molar-refractivity contribution >= 4 is 44.1 Å². The van der Waals surface area contributed by atoms with Crippen LogP contribution in [0, 0.1) is 0 Å². The van der Waals surface area contributed by atoms with Gasteiger partial charge in [0.05, 0.1) is 10.2 Å². The topological polar surface area (TPSA) is 30.0 Å². The molecule has 0 fully saturated rings. The van der Waals surface area contributed by atoms with E-state index in [9.17, 15) is 4.21 Å².